The van der Waals surface area contributed by atoms with Crippen LogP contribution in [0.2, 0.25) is 5.02 Å². The molecule has 1 aliphatic heterocycles. The molecule has 0 aliphatic carbocycles. The Hall–Kier alpha value is -1.30. The van der Waals surface area contributed by atoms with Crippen LogP contribution in [-0.4, -0.2) is 43.2 Å². The fourth-order valence-corrected chi connectivity index (χ4v) is 4.31. The van der Waals surface area contributed by atoms with Crippen molar-refractivity contribution in [1.82, 2.24) is 4.90 Å². The van der Waals surface area contributed by atoms with Crippen LogP contribution in [0.5, 0.6) is 5.75 Å². The molecule has 3 rings (SSSR count). The van der Waals surface area contributed by atoms with Gasteiger partial charge in [0.1, 0.15) is 10.6 Å². The molecule has 1 aliphatic rings. The second kappa shape index (κ2) is 6.07. The van der Waals surface area contributed by atoms with Gasteiger partial charge in [-0.05, 0) is 32.0 Å². The Morgan fingerprint density at radius 1 is 1.36 bits per heavy atom. The fourth-order valence-electron chi connectivity index (χ4n) is 2.80. The van der Waals surface area contributed by atoms with Crippen LogP contribution in [0.1, 0.15) is 23.5 Å². The number of halogens is 1. The Balaban J connectivity index is 1.95. The molecule has 6 heteroatoms. The van der Waals surface area contributed by atoms with Crippen molar-refractivity contribution in [3.63, 3.8) is 0 Å². The van der Waals surface area contributed by atoms with E-state index in [0.717, 1.165) is 15.8 Å². The summed E-state index contributed by atoms with van der Waals surface area (Å²) in [7, 11) is 1.62. The minimum absolute atomic E-state index is 0.0211. The molecule has 22 heavy (non-hydrogen) atoms. The maximum atomic E-state index is 12.8. The van der Waals surface area contributed by atoms with Crippen LogP contribution in [-0.2, 0) is 4.74 Å². The zero-order valence-electron chi connectivity index (χ0n) is 12.8. The van der Waals surface area contributed by atoms with Gasteiger partial charge in [-0.15, -0.1) is 11.3 Å². The number of hydrogen-bond acceptors (Lipinski definition) is 4. The van der Waals surface area contributed by atoms with E-state index in [4.69, 9.17) is 21.1 Å². The normalized spacial score (nSPS) is 22.1. The number of hydrogen-bond donors (Lipinski definition) is 0. The van der Waals surface area contributed by atoms with Gasteiger partial charge in [-0.25, -0.2) is 0 Å². The van der Waals surface area contributed by atoms with E-state index in [1.54, 1.807) is 7.11 Å². The van der Waals surface area contributed by atoms with Gasteiger partial charge in [0.25, 0.3) is 5.91 Å². The van der Waals surface area contributed by atoms with E-state index in [1.807, 2.05) is 36.9 Å². The summed E-state index contributed by atoms with van der Waals surface area (Å²) >= 11 is 7.84. The molecule has 2 heterocycles. The van der Waals surface area contributed by atoms with Crippen molar-refractivity contribution in [3.8, 4) is 5.75 Å². The number of methoxy groups -OCH3 is 1. The molecule has 1 amide bonds. The van der Waals surface area contributed by atoms with Gasteiger partial charge in [0.05, 0.1) is 24.3 Å². The van der Waals surface area contributed by atoms with Crippen molar-refractivity contribution >= 4 is 38.9 Å². The minimum atomic E-state index is -0.0211. The van der Waals surface area contributed by atoms with E-state index in [-0.39, 0.29) is 18.1 Å². The molecule has 2 atom stereocenters. The molecular formula is C16H18ClNO3S. The highest BCUT2D eigenvalue weighted by atomic mass is 35.5. The van der Waals surface area contributed by atoms with Gasteiger partial charge in [-0.3, -0.25) is 4.79 Å². The highest BCUT2D eigenvalue weighted by Crippen LogP contribution is 2.38. The highest BCUT2D eigenvalue weighted by Gasteiger charge is 2.29. The molecule has 1 saturated heterocycles. The standard InChI is InChI=1S/C16H18ClNO3S/c1-9-7-18(8-10(2)21-9)16(19)15-14(17)12-5-4-11(20-3)6-13(12)22-15/h4-6,9-10H,7-8H2,1-3H3/t9-,10-/m1/s1. The predicted octanol–water partition coefficient (Wildman–Crippen LogP) is 3.81. The molecule has 0 N–H and O–H groups in total. The third kappa shape index (κ3) is 2.81. The zero-order valence-corrected chi connectivity index (χ0v) is 14.3. The summed E-state index contributed by atoms with van der Waals surface area (Å²) in [6.07, 6.45) is 0.0851. The molecular weight excluding hydrogens is 322 g/mol. The topological polar surface area (TPSA) is 38.8 Å². The van der Waals surface area contributed by atoms with Gasteiger partial charge in [-0.1, -0.05) is 11.6 Å². The highest BCUT2D eigenvalue weighted by molar-refractivity contribution is 7.21. The second-order valence-corrected chi connectivity index (χ2v) is 7.00. The molecule has 1 aromatic carbocycles. The van der Waals surface area contributed by atoms with E-state index < -0.39 is 0 Å². The lowest BCUT2D eigenvalue weighted by Crippen LogP contribution is -2.48. The van der Waals surface area contributed by atoms with Crippen molar-refractivity contribution in [2.45, 2.75) is 26.1 Å². The second-order valence-electron chi connectivity index (χ2n) is 5.57. The Morgan fingerprint density at radius 2 is 2.05 bits per heavy atom. The molecule has 0 radical (unpaired) electrons. The molecule has 0 bridgehead atoms. The van der Waals surface area contributed by atoms with E-state index in [0.29, 0.717) is 23.0 Å². The summed E-state index contributed by atoms with van der Waals surface area (Å²) < 4.78 is 11.9. The van der Waals surface area contributed by atoms with Crippen molar-refractivity contribution in [2.75, 3.05) is 20.2 Å². The number of amides is 1. The first-order chi connectivity index (χ1) is 10.5. The summed E-state index contributed by atoms with van der Waals surface area (Å²) in [5.41, 5.74) is 0. The van der Waals surface area contributed by atoms with Crippen molar-refractivity contribution in [1.29, 1.82) is 0 Å². The predicted molar refractivity (Wildman–Crippen MR) is 89.3 cm³/mol. The van der Waals surface area contributed by atoms with Gasteiger partial charge in [0, 0.05) is 23.2 Å². The van der Waals surface area contributed by atoms with Crippen molar-refractivity contribution in [2.24, 2.45) is 0 Å². The first-order valence-electron chi connectivity index (χ1n) is 7.20. The smallest absolute Gasteiger partial charge is 0.265 e. The van der Waals surface area contributed by atoms with E-state index >= 15 is 0 Å². The maximum Gasteiger partial charge on any atom is 0.265 e. The molecule has 0 saturated carbocycles. The molecule has 0 spiro atoms. The Morgan fingerprint density at radius 3 is 2.68 bits per heavy atom. The SMILES string of the molecule is COc1ccc2c(Cl)c(C(=O)N3C[C@@H](C)O[C@H](C)C3)sc2c1. The maximum absolute atomic E-state index is 12.8. The van der Waals surface area contributed by atoms with Crippen molar-refractivity contribution < 1.29 is 14.3 Å². The summed E-state index contributed by atoms with van der Waals surface area (Å²) in [6, 6.07) is 5.66. The number of thiophene rings is 1. The summed E-state index contributed by atoms with van der Waals surface area (Å²) in [5, 5.41) is 1.42. The number of morpholine rings is 1. The van der Waals surface area contributed by atoms with Gasteiger partial charge in [0.2, 0.25) is 0 Å². The number of fused-ring (bicyclic) bond motifs is 1. The van der Waals surface area contributed by atoms with Crippen LogP contribution in [0.4, 0.5) is 0 Å². The fraction of sp³-hybridized carbons (Fsp3) is 0.438. The van der Waals surface area contributed by atoms with Crippen LogP contribution in [0.3, 0.4) is 0 Å². The monoisotopic (exact) mass is 339 g/mol. The lowest BCUT2D eigenvalue weighted by Gasteiger charge is -2.35. The molecule has 1 fully saturated rings. The molecule has 0 unspecified atom stereocenters. The van der Waals surface area contributed by atoms with E-state index in [1.165, 1.54) is 11.3 Å². The lowest BCUT2D eigenvalue weighted by molar-refractivity contribution is -0.0584. The third-order valence-electron chi connectivity index (χ3n) is 3.74. The quantitative estimate of drug-likeness (QED) is 0.835. The molecule has 118 valence electrons. The van der Waals surface area contributed by atoms with Crippen molar-refractivity contribution in [3.05, 3.63) is 28.1 Å². The van der Waals surface area contributed by atoms with Gasteiger partial charge in [0.15, 0.2) is 0 Å². The summed E-state index contributed by atoms with van der Waals surface area (Å²) in [4.78, 5) is 15.2. The summed E-state index contributed by atoms with van der Waals surface area (Å²) in [6.45, 7) is 5.15. The van der Waals surface area contributed by atoms with Crippen LogP contribution in [0.25, 0.3) is 10.1 Å². The largest absolute Gasteiger partial charge is 0.497 e. The Labute approximate surface area is 138 Å². The van der Waals surface area contributed by atoms with Gasteiger partial charge < -0.3 is 14.4 Å². The average molecular weight is 340 g/mol. The van der Waals surface area contributed by atoms with Crippen LogP contribution >= 0.6 is 22.9 Å². The van der Waals surface area contributed by atoms with Crippen LogP contribution in [0.15, 0.2) is 18.2 Å². The number of ether oxygens (including phenoxy) is 2. The number of benzene rings is 1. The lowest BCUT2D eigenvalue weighted by atomic mass is 10.2. The van der Waals surface area contributed by atoms with Gasteiger partial charge in [-0.2, -0.15) is 0 Å². The number of rotatable bonds is 2. The molecule has 2 aromatic rings. The minimum Gasteiger partial charge on any atom is -0.497 e. The Bertz CT molecular complexity index is 705. The summed E-state index contributed by atoms with van der Waals surface area (Å²) in [5.74, 6) is 0.741. The number of nitrogens with zero attached hydrogens (tertiary/aromatic N) is 1. The molecule has 1 aromatic heterocycles. The van der Waals surface area contributed by atoms with E-state index in [2.05, 4.69) is 0 Å². The van der Waals surface area contributed by atoms with Gasteiger partial charge >= 0.3 is 0 Å². The number of carbonyl (C=O) groups is 1. The first kappa shape index (κ1) is 15.6. The molecule has 4 nitrogen and oxygen atoms in total. The van der Waals surface area contributed by atoms with Crippen LogP contribution in [0, 0.1) is 0 Å². The Kier molecular flexibility index (Phi) is 4.30. The zero-order chi connectivity index (χ0) is 15.9. The third-order valence-corrected chi connectivity index (χ3v) is 5.38. The number of carbonyl (C=O) groups excluding carboxylic acids is 1. The average Bonchev–Trinajstić information content (AvgIpc) is 2.82. The first-order valence-corrected chi connectivity index (χ1v) is 8.39. The van der Waals surface area contributed by atoms with Crippen LogP contribution < -0.4 is 4.74 Å². The van der Waals surface area contributed by atoms with E-state index in [9.17, 15) is 4.79 Å².